The number of para-hydroxylation sites is 2. The number of rotatable bonds is 7. The first-order valence-corrected chi connectivity index (χ1v) is 18.5. The predicted octanol–water partition coefficient (Wildman–Crippen LogP) is 11.2. The molecule has 0 spiro atoms. The predicted molar refractivity (Wildman–Crippen MR) is 229 cm³/mol. The molecule has 0 unspecified atom stereocenters. The molecule has 2 heteroatoms. The van der Waals surface area contributed by atoms with E-state index < -0.39 is 0 Å². The Labute approximate surface area is 312 Å². The zero-order valence-corrected chi connectivity index (χ0v) is 30.4. The van der Waals surface area contributed by atoms with Gasteiger partial charge in [-0.1, -0.05) is 197 Å². The van der Waals surface area contributed by atoms with E-state index in [4.69, 9.17) is 0 Å². The molecular weight excluding hydrogens is 637 g/mol. The SMILES string of the molecule is Cc1ccc(-c2ccc(B(c3ccc(-c4cc(C)cc(C)c4)cc3)c3ccc(-c4cccc(-n5c6ccccc6c6ccccc65)c4)cc3)cc2)cc1. The van der Waals surface area contributed by atoms with Gasteiger partial charge in [0.15, 0.2) is 0 Å². The fourth-order valence-corrected chi connectivity index (χ4v) is 8.09. The highest BCUT2D eigenvalue weighted by Crippen LogP contribution is 2.33. The Morgan fingerprint density at radius 1 is 0.321 bits per heavy atom. The van der Waals surface area contributed by atoms with E-state index in [0.717, 1.165) is 0 Å². The molecule has 1 aromatic heterocycles. The van der Waals surface area contributed by atoms with Crippen molar-refractivity contribution in [3.63, 3.8) is 0 Å². The third-order valence-electron chi connectivity index (χ3n) is 10.7. The van der Waals surface area contributed by atoms with Crippen molar-refractivity contribution < 1.29 is 0 Å². The molecule has 0 atom stereocenters. The van der Waals surface area contributed by atoms with Gasteiger partial charge in [0.25, 0.3) is 0 Å². The Hall–Kier alpha value is -6.38. The second-order valence-electron chi connectivity index (χ2n) is 14.5. The maximum Gasteiger partial charge on any atom is 0.241 e. The first-order valence-electron chi connectivity index (χ1n) is 18.5. The van der Waals surface area contributed by atoms with Gasteiger partial charge in [0.05, 0.1) is 11.0 Å². The number of aromatic nitrogens is 1. The third-order valence-corrected chi connectivity index (χ3v) is 10.7. The molecule has 0 saturated carbocycles. The van der Waals surface area contributed by atoms with Gasteiger partial charge in [0.1, 0.15) is 0 Å². The Balaban J connectivity index is 1.09. The number of aryl methyl sites for hydroxylation is 3. The minimum absolute atomic E-state index is 0.0911. The van der Waals surface area contributed by atoms with Crippen molar-refractivity contribution in [3.8, 4) is 39.1 Å². The summed E-state index contributed by atoms with van der Waals surface area (Å²) in [5.41, 5.74) is 18.7. The highest BCUT2D eigenvalue weighted by Gasteiger charge is 2.22. The van der Waals surface area contributed by atoms with Crippen LogP contribution in [0.5, 0.6) is 0 Å². The minimum Gasteiger partial charge on any atom is -0.309 e. The van der Waals surface area contributed by atoms with Crippen LogP contribution < -0.4 is 16.4 Å². The molecular formula is C51H40BN. The molecule has 0 amide bonds. The molecule has 0 radical (unpaired) electrons. The van der Waals surface area contributed by atoms with Crippen molar-refractivity contribution in [2.45, 2.75) is 20.8 Å². The lowest BCUT2D eigenvalue weighted by Gasteiger charge is -2.18. The second-order valence-corrected chi connectivity index (χ2v) is 14.5. The molecule has 0 aliphatic rings. The maximum absolute atomic E-state index is 2.39. The van der Waals surface area contributed by atoms with Gasteiger partial charge in [0.2, 0.25) is 6.71 Å². The van der Waals surface area contributed by atoms with E-state index in [9.17, 15) is 0 Å². The lowest BCUT2D eigenvalue weighted by molar-refractivity contribution is 1.18. The van der Waals surface area contributed by atoms with Crippen molar-refractivity contribution in [2.75, 3.05) is 0 Å². The van der Waals surface area contributed by atoms with Crippen LogP contribution in [0.3, 0.4) is 0 Å². The summed E-state index contributed by atoms with van der Waals surface area (Å²) in [6.45, 7) is 6.57. The summed E-state index contributed by atoms with van der Waals surface area (Å²) in [5, 5.41) is 2.55. The molecule has 0 fully saturated rings. The summed E-state index contributed by atoms with van der Waals surface area (Å²) in [7, 11) is 0. The quantitative estimate of drug-likeness (QED) is 0.148. The number of hydrogen-bond acceptors (Lipinski definition) is 0. The smallest absolute Gasteiger partial charge is 0.241 e. The molecule has 252 valence electrons. The molecule has 53 heavy (non-hydrogen) atoms. The molecule has 0 saturated heterocycles. The van der Waals surface area contributed by atoms with Crippen LogP contribution >= 0.6 is 0 Å². The van der Waals surface area contributed by atoms with Crippen molar-refractivity contribution in [2.24, 2.45) is 0 Å². The summed E-state index contributed by atoms with van der Waals surface area (Å²) in [4.78, 5) is 0. The summed E-state index contributed by atoms with van der Waals surface area (Å²) in [6.07, 6.45) is 0. The normalized spacial score (nSPS) is 11.3. The van der Waals surface area contributed by atoms with E-state index in [-0.39, 0.29) is 6.71 Å². The molecule has 0 aliphatic heterocycles. The summed E-state index contributed by atoms with van der Waals surface area (Å²) in [6, 6.07) is 69.5. The Morgan fingerprint density at radius 3 is 1.26 bits per heavy atom. The van der Waals surface area contributed by atoms with Gasteiger partial charge < -0.3 is 4.57 Å². The van der Waals surface area contributed by atoms with Crippen LogP contribution in [0.25, 0.3) is 60.9 Å². The van der Waals surface area contributed by atoms with Gasteiger partial charge in [0, 0.05) is 16.5 Å². The van der Waals surface area contributed by atoms with E-state index in [0.29, 0.717) is 0 Å². The van der Waals surface area contributed by atoms with Crippen molar-refractivity contribution in [1.29, 1.82) is 0 Å². The first-order chi connectivity index (χ1) is 26.0. The summed E-state index contributed by atoms with van der Waals surface area (Å²) in [5.74, 6) is 0. The van der Waals surface area contributed by atoms with Crippen molar-refractivity contribution >= 4 is 44.9 Å². The first kappa shape index (κ1) is 32.5. The zero-order chi connectivity index (χ0) is 35.9. The average Bonchev–Trinajstić information content (AvgIpc) is 3.53. The topological polar surface area (TPSA) is 4.93 Å². The molecule has 1 heterocycles. The van der Waals surface area contributed by atoms with E-state index in [2.05, 4.69) is 213 Å². The van der Waals surface area contributed by atoms with E-state index in [1.165, 1.54) is 94.0 Å². The summed E-state index contributed by atoms with van der Waals surface area (Å²) >= 11 is 0. The highest BCUT2D eigenvalue weighted by molar-refractivity contribution is 6.95. The standard InChI is InChI=1S/C51H40BN/c1-35-15-17-38(18-16-35)39-19-25-44(26-20-39)52(46-29-23-41(24-30-46)43-32-36(2)31-37(3)33-43)45-27-21-40(22-28-45)42-9-8-10-47(34-42)53-50-13-6-4-11-48(50)49-12-5-7-14-51(49)53/h4-34H,1-3H3. The Bertz CT molecular complexity index is 2640. The minimum atomic E-state index is 0.0911. The molecule has 1 nitrogen and oxygen atoms in total. The molecule has 0 aliphatic carbocycles. The molecule has 9 aromatic rings. The number of hydrogen-bond donors (Lipinski definition) is 0. The van der Waals surface area contributed by atoms with Gasteiger partial charge in [-0.3, -0.25) is 0 Å². The highest BCUT2D eigenvalue weighted by atomic mass is 15.0. The lowest BCUT2D eigenvalue weighted by atomic mass is 9.37. The molecule has 0 N–H and O–H groups in total. The number of fused-ring (bicyclic) bond motifs is 3. The lowest BCUT2D eigenvalue weighted by Crippen LogP contribution is -2.51. The zero-order valence-electron chi connectivity index (χ0n) is 30.4. The average molecular weight is 678 g/mol. The van der Waals surface area contributed by atoms with Gasteiger partial charge in [-0.05, 0) is 78.4 Å². The van der Waals surface area contributed by atoms with Crippen LogP contribution in [0.2, 0.25) is 0 Å². The number of benzene rings is 8. The van der Waals surface area contributed by atoms with Crippen LogP contribution in [-0.2, 0) is 0 Å². The Morgan fingerprint density at radius 2 is 0.755 bits per heavy atom. The van der Waals surface area contributed by atoms with Gasteiger partial charge in [-0.2, -0.15) is 0 Å². The fraction of sp³-hybridized carbons (Fsp3) is 0.0588. The number of nitrogens with zero attached hydrogens (tertiary/aromatic N) is 1. The monoisotopic (exact) mass is 677 g/mol. The van der Waals surface area contributed by atoms with Gasteiger partial charge >= 0.3 is 0 Å². The van der Waals surface area contributed by atoms with Gasteiger partial charge in [-0.15, -0.1) is 0 Å². The van der Waals surface area contributed by atoms with E-state index >= 15 is 0 Å². The van der Waals surface area contributed by atoms with E-state index in [1.807, 2.05) is 0 Å². The molecule has 0 bridgehead atoms. The fourth-order valence-electron chi connectivity index (χ4n) is 8.09. The van der Waals surface area contributed by atoms with Crippen LogP contribution in [0.4, 0.5) is 0 Å². The second kappa shape index (κ2) is 13.6. The van der Waals surface area contributed by atoms with Crippen LogP contribution in [-0.4, -0.2) is 11.3 Å². The van der Waals surface area contributed by atoms with Crippen molar-refractivity contribution in [1.82, 2.24) is 4.57 Å². The van der Waals surface area contributed by atoms with Crippen LogP contribution in [0, 0.1) is 20.8 Å². The van der Waals surface area contributed by atoms with Crippen LogP contribution in [0.1, 0.15) is 16.7 Å². The molecule has 9 rings (SSSR count). The Kier molecular flexibility index (Phi) is 8.37. The van der Waals surface area contributed by atoms with Gasteiger partial charge in [-0.25, -0.2) is 0 Å². The van der Waals surface area contributed by atoms with Crippen LogP contribution in [0.15, 0.2) is 188 Å². The van der Waals surface area contributed by atoms with E-state index in [1.54, 1.807) is 0 Å². The third kappa shape index (κ3) is 6.28. The molecule has 8 aromatic carbocycles. The maximum atomic E-state index is 2.39. The largest absolute Gasteiger partial charge is 0.309 e. The van der Waals surface area contributed by atoms with Crippen molar-refractivity contribution in [3.05, 3.63) is 205 Å². The summed E-state index contributed by atoms with van der Waals surface area (Å²) < 4.78 is 2.39.